The molecule has 0 radical (unpaired) electrons. The van der Waals surface area contributed by atoms with Crippen molar-refractivity contribution in [3.05, 3.63) is 23.3 Å². The van der Waals surface area contributed by atoms with Gasteiger partial charge in [0.1, 0.15) is 5.82 Å². The lowest BCUT2D eigenvalue weighted by Gasteiger charge is -2.08. The molecule has 0 saturated carbocycles. The van der Waals surface area contributed by atoms with Crippen LogP contribution in [0.2, 0.25) is 0 Å². The van der Waals surface area contributed by atoms with Gasteiger partial charge < -0.3 is 9.84 Å². The zero-order valence-corrected chi connectivity index (χ0v) is 9.14. The van der Waals surface area contributed by atoms with Crippen LogP contribution < -0.4 is 0 Å². The maximum Gasteiger partial charge on any atom is 0.339 e. The minimum atomic E-state index is -0.985. The summed E-state index contributed by atoms with van der Waals surface area (Å²) in [7, 11) is 0. The second kappa shape index (κ2) is 4.57. The second-order valence-corrected chi connectivity index (χ2v) is 3.93. The third-order valence-corrected chi connectivity index (χ3v) is 2.69. The molecule has 0 amide bonds. The third-order valence-electron chi connectivity index (χ3n) is 2.69. The largest absolute Gasteiger partial charge is 0.478 e. The van der Waals surface area contributed by atoms with Crippen LogP contribution in [0.1, 0.15) is 34.7 Å². The number of aromatic carboxylic acids is 1. The van der Waals surface area contributed by atoms with Crippen LogP contribution in [0, 0.1) is 6.92 Å². The lowest BCUT2D eigenvalue weighted by atomic mass is 10.1. The molecule has 2 heterocycles. The minimum Gasteiger partial charge on any atom is -0.478 e. The van der Waals surface area contributed by atoms with E-state index in [4.69, 9.17) is 9.84 Å². The molecule has 16 heavy (non-hydrogen) atoms. The van der Waals surface area contributed by atoms with E-state index in [0.717, 1.165) is 19.4 Å². The number of aromatic nitrogens is 2. The predicted molar refractivity (Wildman–Crippen MR) is 56.4 cm³/mol. The Balaban J connectivity index is 2.11. The van der Waals surface area contributed by atoms with E-state index in [0.29, 0.717) is 17.9 Å². The molecule has 5 heteroatoms. The molecule has 86 valence electrons. The highest BCUT2D eigenvalue weighted by molar-refractivity contribution is 5.88. The molecule has 0 bridgehead atoms. The topological polar surface area (TPSA) is 72.3 Å². The number of carbonyl (C=O) groups is 1. The molecule has 1 aliphatic rings. The molecule has 2 rings (SSSR count). The molecule has 0 aromatic carbocycles. The number of nitrogens with zero attached hydrogens (tertiary/aromatic N) is 2. The molecule has 1 aliphatic heterocycles. The normalized spacial score (nSPS) is 19.9. The number of carboxylic acids is 1. The van der Waals surface area contributed by atoms with Crippen LogP contribution in [-0.2, 0) is 11.2 Å². The summed E-state index contributed by atoms with van der Waals surface area (Å²) in [5.41, 5.74) is 0.673. The van der Waals surface area contributed by atoms with Crippen molar-refractivity contribution < 1.29 is 14.6 Å². The number of hydrogen-bond acceptors (Lipinski definition) is 4. The summed E-state index contributed by atoms with van der Waals surface area (Å²) in [6.45, 7) is 2.49. The fourth-order valence-corrected chi connectivity index (χ4v) is 1.83. The first kappa shape index (κ1) is 11.0. The Labute approximate surface area is 93.5 Å². The second-order valence-electron chi connectivity index (χ2n) is 3.93. The number of aryl methyl sites for hydroxylation is 1. The van der Waals surface area contributed by atoms with E-state index in [1.807, 2.05) is 0 Å². The van der Waals surface area contributed by atoms with Crippen LogP contribution >= 0.6 is 0 Å². The quantitative estimate of drug-likeness (QED) is 0.832. The van der Waals surface area contributed by atoms with Crippen molar-refractivity contribution in [2.24, 2.45) is 0 Å². The molecule has 5 nitrogen and oxygen atoms in total. The van der Waals surface area contributed by atoms with Crippen LogP contribution in [0.5, 0.6) is 0 Å². The first-order valence-corrected chi connectivity index (χ1v) is 5.34. The van der Waals surface area contributed by atoms with Gasteiger partial charge >= 0.3 is 5.97 Å². The molecule has 0 aliphatic carbocycles. The summed E-state index contributed by atoms with van der Waals surface area (Å²) in [5, 5.41) is 8.84. The molecule has 1 fully saturated rings. The van der Waals surface area contributed by atoms with Crippen molar-refractivity contribution in [1.82, 2.24) is 9.97 Å². The summed E-state index contributed by atoms with van der Waals surface area (Å²) in [4.78, 5) is 19.0. The van der Waals surface area contributed by atoms with Gasteiger partial charge in [-0.2, -0.15) is 0 Å². The van der Waals surface area contributed by atoms with E-state index in [2.05, 4.69) is 9.97 Å². The first-order chi connectivity index (χ1) is 7.66. The fraction of sp³-hybridized carbons (Fsp3) is 0.545. The standard InChI is InChI=1S/C11H14N2O3/c1-7-9(11(14)15)6-12-10(13-7)5-8-3-2-4-16-8/h6,8H,2-5H2,1H3,(H,14,15). The molecule has 1 aromatic rings. The zero-order valence-electron chi connectivity index (χ0n) is 9.14. The van der Waals surface area contributed by atoms with Gasteiger partial charge in [-0.25, -0.2) is 14.8 Å². The summed E-state index contributed by atoms with van der Waals surface area (Å²) < 4.78 is 5.48. The van der Waals surface area contributed by atoms with Gasteiger partial charge in [0, 0.05) is 19.2 Å². The van der Waals surface area contributed by atoms with Gasteiger partial charge in [-0.3, -0.25) is 0 Å². The average molecular weight is 222 g/mol. The monoisotopic (exact) mass is 222 g/mol. The Bertz CT molecular complexity index is 400. The molecular formula is C11H14N2O3. The van der Waals surface area contributed by atoms with Crippen LogP contribution in [0.15, 0.2) is 6.20 Å². The van der Waals surface area contributed by atoms with Crippen LogP contribution in [0.3, 0.4) is 0 Å². The van der Waals surface area contributed by atoms with Crippen molar-refractivity contribution in [3.8, 4) is 0 Å². The number of ether oxygens (including phenoxy) is 1. The van der Waals surface area contributed by atoms with Gasteiger partial charge in [-0.1, -0.05) is 0 Å². The third kappa shape index (κ3) is 2.36. The van der Waals surface area contributed by atoms with Gasteiger partial charge in [-0.05, 0) is 19.8 Å². The van der Waals surface area contributed by atoms with Gasteiger partial charge in [-0.15, -0.1) is 0 Å². The smallest absolute Gasteiger partial charge is 0.339 e. The predicted octanol–water partition coefficient (Wildman–Crippen LogP) is 1.20. The Kier molecular flexibility index (Phi) is 3.14. The molecule has 1 saturated heterocycles. The maximum absolute atomic E-state index is 10.8. The molecule has 1 N–H and O–H groups in total. The molecule has 1 unspecified atom stereocenters. The van der Waals surface area contributed by atoms with Crippen molar-refractivity contribution in [2.75, 3.05) is 6.61 Å². The fourth-order valence-electron chi connectivity index (χ4n) is 1.83. The van der Waals surface area contributed by atoms with E-state index in [1.54, 1.807) is 6.92 Å². The van der Waals surface area contributed by atoms with Crippen LogP contribution in [0.25, 0.3) is 0 Å². The highest BCUT2D eigenvalue weighted by Crippen LogP contribution is 2.15. The van der Waals surface area contributed by atoms with Gasteiger partial charge in [0.2, 0.25) is 0 Å². The van der Waals surface area contributed by atoms with Crippen molar-refractivity contribution in [3.63, 3.8) is 0 Å². The van der Waals surface area contributed by atoms with E-state index in [-0.39, 0.29) is 11.7 Å². The van der Waals surface area contributed by atoms with Gasteiger partial charge in [0.15, 0.2) is 0 Å². The van der Waals surface area contributed by atoms with E-state index < -0.39 is 5.97 Å². The Morgan fingerprint density at radius 1 is 1.69 bits per heavy atom. The average Bonchev–Trinajstić information content (AvgIpc) is 2.70. The van der Waals surface area contributed by atoms with Crippen molar-refractivity contribution in [2.45, 2.75) is 32.3 Å². The number of hydrogen-bond donors (Lipinski definition) is 1. The minimum absolute atomic E-state index is 0.163. The van der Waals surface area contributed by atoms with Crippen LogP contribution in [-0.4, -0.2) is 33.8 Å². The van der Waals surface area contributed by atoms with E-state index in [9.17, 15) is 4.79 Å². The lowest BCUT2D eigenvalue weighted by molar-refractivity contribution is 0.0695. The molecule has 1 atom stereocenters. The van der Waals surface area contributed by atoms with Gasteiger partial charge in [0.05, 0.1) is 17.4 Å². The summed E-state index contributed by atoms with van der Waals surface area (Å²) in [6, 6.07) is 0. The van der Waals surface area contributed by atoms with Crippen molar-refractivity contribution >= 4 is 5.97 Å². The highest BCUT2D eigenvalue weighted by atomic mass is 16.5. The summed E-state index contributed by atoms with van der Waals surface area (Å²) in [5.74, 6) is -0.324. The van der Waals surface area contributed by atoms with E-state index >= 15 is 0 Å². The van der Waals surface area contributed by atoms with Crippen molar-refractivity contribution in [1.29, 1.82) is 0 Å². The van der Waals surface area contributed by atoms with Gasteiger partial charge in [0.25, 0.3) is 0 Å². The lowest BCUT2D eigenvalue weighted by Crippen LogP contribution is -2.13. The molecule has 1 aromatic heterocycles. The number of carboxylic acid groups (broad SMARTS) is 1. The van der Waals surface area contributed by atoms with E-state index in [1.165, 1.54) is 6.20 Å². The Morgan fingerprint density at radius 2 is 2.50 bits per heavy atom. The zero-order chi connectivity index (χ0) is 11.5. The highest BCUT2D eigenvalue weighted by Gasteiger charge is 2.18. The summed E-state index contributed by atoms with van der Waals surface area (Å²) in [6.07, 6.45) is 4.34. The Morgan fingerprint density at radius 3 is 3.06 bits per heavy atom. The molecule has 0 spiro atoms. The molecular weight excluding hydrogens is 208 g/mol. The SMILES string of the molecule is Cc1nc(CC2CCCO2)ncc1C(=O)O. The van der Waals surface area contributed by atoms with Crippen LogP contribution in [0.4, 0.5) is 0 Å². The number of rotatable bonds is 3. The Hall–Kier alpha value is -1.49. The first-order valence-electron chi connectivity index (χ1n) is 5.34. The maximum atomic E-state index is 10.8. The summed E-state index contributed by atoms with van der Waals surface area (Å²) >= 11 is 0.